The molecule has 0 atom stereocenters. The normalized spacial score (nSPS) is 11.2. The van der Waals surface area contributed by atoms with Crippen LogP contribution >= 0.6 is 0 Å². The molecule has 3 heterocycles. The summed E-state index contributed by atoms with van der Waals surface area (Å²) < 4.78 is 15.2. The van der Waals surface area contributed by atoms with Crippen LogP contribution in [0.2, 0.25) is 0 Å². The van der Waals surface area contributed by atoms with Crippen LogP contribution in [0.3, 0.4) is 0 Å². The highest BCUT2D eigenvalue weighted by Gasteiger charge is 2.14. The SMILES string of the molecule is Cc1ccc(-c2nc3ccc(F)cc3[nH]2)cc1NC(=O)c1cnc2ccccn12. The van der Waals surface area contributed by atoms with E-state index in [0.717, 1.165) is 11.1 Å². The summed E-state index contributed by atoms with van der Waals surface area (Å²) in [6.07, 6.45) is 3.35. The van der Waals surface area contributed by atoms with E-state index in [2.05, 4.69) is 20.3 Å². The third-order valence-electron chi connectivity index (χ3n) is 4.85. The van der Waals surface area contributed by atoms with Crippen molar-refractivity contribution in [2.24, 2.45) is 0 Å². The molecule has 6 nitrogen and oxygen atoms in total. The summed E-state index contributed by atoms with van der Waals surface area (Å²) in [6, 6.07) is 15.7. The molecule has 0 bridgehead atoms. The summed E-state index contributed by atoms with van der Waals surface area (Å²) in [4.78, 5) is 24.7. The molecule has 0 aliphatic rings. The Morgan fingerprint density at radius 2 is 2.03 bits per heavy atom. The minimum atomic E-state index is -0.322. The molecule has 0 saturated heterocycles. The number of carbonyl (C=O) groups is 1. The summed E-state index contributed by atoms with van der Waals surface area (Å²) >= 11 is 0. The molecule has 2 N–H and O–H groups in total. The Labute approximate surface area is 165 Å². The van der Waals surface area contributed by atoms with E-state index in [9.17, 15) is 9.18 Å². The number of hydrogen-bond acceptors (Lipinski definition) is 3. The van der Waals surface area contributed by atoms with Gasteiger partial charge in [0, 0.05) is 17.4 Å². The van der Waals surface area contributed by atoms with Crippen molar-refractivity contribution in [1.82, 2.24) is 19.4 Å². The number of carbonyl (C=O) groups excluding carboxylic acids is 1. The maximum Gasteiger partial charge on any atom is 0.274 e. The number of hydrogen-bond donors (Lipinski definition) is 2. The minimum absolute atomic E-state index is 0.254. The van der Waals surface area contributed by atoms with Crippen LogP contribution < -0.4 is 5.32 Å². The van der Waals surface area contributed by atoms with Crippen LogP contribution in [-0.4, -0.2) is 25.3 Å². The van der Waals surface area contributed by atoms with Gasteiger partial charge in [-0.15, -0.1) is 0 Å². The molecule has 0 fully saturated rings. The van der Waals surface area contributed by atoms with Gasteiger partial charge in [0.15, 0.2) is 0 Å². The van der Waals surface area contributed by atoms with Crippen LogP contribution in [0.5, 0.6) is 0 Å². The molecule has 0 saturated carbocycles. The second-order valence-electron chi connectivity index (χ2n) is 6.80. The lowest BCUT2D eigenvalue weighted by molar-refractivity contribution is 0.102. The molecule has 142 valence electrons. The molecule has 5 aromatic rings. The van der Waals surface area contributed by atoms with Gasteiger partial charge in [-0.2, -0.15) is 0 Å². The summed E-state index contributed by atoms with van der Waals surface area (Å²) in [6.45, 7) is 1.92. The van der Waals surface area contributed by atoms with Crippen molar-refractivity contribution in [1.29, 1.82) is 0 Å². The molecule has 0 spiro atoms. The van der Waals surface area contributed by atoms with Crippen molar-refractivity contribution in [3.63, 3.8) is 0 Å². The van der Waals surface area contributed by atoms with Gasteiger partial charge in [0.1, 0.15) is 23.0 Å². The maximum absolute atomic E-state index is 13.5. The zero-order valence-corrected chi connectivity index (χ0v) is 15.5. The van der Waals surface area contributed by atoms with Gasteiger partial charge in [0.2, 0.25) is 0 Å². The van der Waals surface area contributed by atoms with E-state index in [1.54, 1.807) is 22.9 Å². The Hall–Kier alpha value is -4.00. The monoisotopic (exact) mass is 385 g/mol. The Balaban J connectivity index is 1.49. The average Bonchev–Trinajstić information content (AvgIpc) is 3.33. The number of nitrogens with one attached hydrogen (secondary N) is 2. The smallest absolute Gasteiger partial charge is 0.274 e. The first-order valence-electron chi connectivity index (χ1n) is 9.08. The van der Waals surface area contributed by atoms with Crippen molar-refractivity contribution in [3.8, 4) is 11.4 Å². The van der Waals surface area contributed by atoms with E-state index in [-0.39, 0.29) is 11.7 Å². The predicted molar refractivity (Wildman–Crippen MR) is 109 cm³/mol. The zero-order chi connectivity index (χ0) is 20.0. The van der Waals surface area contributed by atoms with Crippen LogP contribution in [0, 0.1) is 12.7 Å². The fourth-order valence-electron chi connectivity index (χ4n) is 3.31. The number of benzene rings is 2. The van der Waals surface area contributed by atoms with Crippen molar-refractivity contribution in [2.45, 2.75) is 6.92 Å². The molecule has 7 heteroatoms. The van der Waals surface area contributed by atoms with E-state index in [1.807, 2.05) is 43.3 Å². The van der Waals surface area contributed by atoms with Gasteiger partial charge in [-0.3, -0.25) is 9.20 Å². The van der Waals surface area contributed by atoms with Crippen LogP contribution in [0.25, 0.3) is 28.1 Å². The van der Waals surface area contributed by atoms with E-state index >= 15 is 0 Å². The molecule has 29 heavy (non-hydrogen) atoms. The quantitative estimate of drug-likeness (QED) is 0.477. The first kappa shape index (κ1) is 17.1. The number of amides is 1. The summed E-state index contributed by atoms with van der Waals surface area (Å²) in [7, 11) is 0. The number of aryl methyl sites for hydroxylation is 1. The van der Waals surface area contributed by atoms with E-state index in [1.165, 1.54) is 12.1 Å². The van der Waals surface area contributed by atoms with Gasteiger partial charge in [-0.05, 0) is 48.9 Å². The van der Waals surface area contributed by atoms with Crippen molar-refractivity contribution < 1.29 is 9.18 Å². The van der Waals surface area contributed by atoms with Gasteiger partial charge in [-0.1, -0.05) is 18.2 Å². The standard InChI is InChI=1S/C22H16FN5O/c1-13-5-6-14(21-25-16-8-7-15(23)11-18(16)26-21)10-17(13)27-22(29)19-12-24-20-4-2-3-9-28(19)20/h2-12H,1H3,(H,25,26)(H,27,29). The molecule has 2 aromatic carbocycles. The second kappa shape index (κ2) is 6.56. The first-order valence-corrected chi connectivity index (χ1v) is 9.08. The van der Waals surface area contributed by atoms with Crippen molar-refractivity contribution >= 4 is 28.3 Å². The highest BCUT2D eigenvalue weighted by molar-refractivity contribution is 6.04. The minimum Gasteiger partial charge on any atom is -0.338 e. The Kier molecular flexibility index (Phi) is 3.87. The maximum atomic E-state index is 13.5. The molecule has 0 radical (unpaired) electrons. The number of H-pyrrole nitrogens is 1. The first-order chi connectivity index (χ1) is 14.1. The van der Waals surface area contributed by atoms with Crippen LogP contribution in [0.15, 0.2) is 67.0 Å². The number of aromatic amines is 1. The topological polar surface area (TPSA) is 75.1 Å². The molecule has 3 aromatic heterocycles. The predicted octanol–water partition coefficient (Wildman–Crippen LogP) is 4.58. The average molecular weight is 385 g/mol. The molecule has 0 aliphatic heterocycles. The summed E-state index contributed by atoms with van der Waals surface area (Å²) in [5.41, 5.74) is 4.83. The van der Waals surface area contributed by atoms with E-state index < -0.39 is 0 Å². The number of rotatable bonds is 3. The van der Waals surface area contributed by atoms with Gasteiger partial charge < -0.3 is 10.3 Å². The molecule has 5 rings (SSSR count). The van der Waals surface area contributed by atoms with Gasteiger partial charge in [0.25, 0.3) is 5.91 Å². The third-order valence-corrected chi connectivity index (χ3v) is 4.85. The lowest BCUT2D eigenvalue weighted by Gasteiger charge is -2.10. The van der Waals surface area contributed by atoms with Crippen molar-refractivity contribution in [3.05, 3.63) is 84.1 Å². The molecule has 1 amide bonds. The lowest BCUT2D eigenvalue weighted by Crippen LogP contribution is -2.15. The summed E-state index contributed by atoms with van der Waals surface area (Å²) in [5.74, 6) is 0.0316. The van der Waals surface area contributed by atoms with E-state index in [4.69, 9.17) is 0 Å². The van der Waals surface area contributed by atoms with Gasteiger partial charge in [-0.25, -0.2) is 14.4 Å². The largest absolute Gasteiger partial charge is 0.338 e. The van der Waals surface area contributed by atoms with Gasteiger partial charge in [0.05, 0.1) is 17.2 Å². The van der Waals surface area contributed by atoms with Gasteiger partial charge >= 0.3 is 0 Å². The number of pyridine rings is 1. The van der Waals surface area contributed by atoms with Crippen LogP contribution in [0.1, 0.15) is 16.1 Å². The Morgan fingerprint density at radius 1 is 1.14 bits per heavy atom. The van der Waals surface area contributed by atoms with Crippen molar-refractivity contribution in [2.75, 3.05) is 5.32 Å². The number of nitrogens with zero attached hydrogens (tertiary/aromatic N) is 3. The summed E-state index contributed by atoms with van der Waals surface area (Å²) in [5, 5.41) is 2.96. The third kappa shape index (κ3) is 3.02. The number of halogens is 1. The number of anilines is 1. The number of aromatic nitrogens is 4. The fraction of sp³-hybridized carbons (Fsp3) is 0.0455. The Bertz CT molecular complexity index is 1380. The molecule has 0 unspecified atom stereocenters. The molecular weight excluding hydrogens is 369 g/mol. The zero-order valence-electron chi connectivity index (χ0n) is 15.5. The molecule has 0 aliphatic carbocycles. The highest BCUT2D eigenvalue weighted by Crippen LogP contribution is 2.26. The van der Waals surface area contributed by atoms with Crippen LogP contribution in [-0.2, 0) is 0 Å². The second-order valence-corrected chi connectivity index (χ2v) is 6.80. The van der Waals surface area contributed by atoms with E-state index in [0.29, 0.717) is 33.9 Å². The number of fused-ring (bicyclic) bond motifs is 2. The highest BCUT2D eigenvalue weighted by atomic mass is 19.1. The number of imidazole rings is 2. The van der Waals surface area contributed by atoms with Crippen LogP contribution in [0.4, 0.5) is 10.1 Å². The molecular formula is C22H16FN5O. The Morgan fingerprint density at radius 3 is 2.93 bits per heavy atom. The fourth-order valence-corrected chi connectivity index (χ4v) is 3.31. The lowest BCUT2D eigenvalue weighted by atomic mass is 10.1.